The SMILES string of the molecule is CCC1COC(CO)OC1. The van der Waals surface area contributed by atoms with Gasteiger partial charge < -0.3 is 14.6 Å². The second-order valence-electron chi connectivity index (χ2n) is 2.55. The van der Waals surface area contributed by atoms with Gasteiger partial charge in [0.25, 0.3) is 0 Å². The van der Waals surface area contributed by atoms with Crippen LogP contribution < -0.4 is 0 Å². The highest BCUT2D eigenvalue weighted by Crippen LogP contribution is 2.12. The Labute approximate surface area is 60.9 Å². The molecule has 0 bridgehead atoms. The van der Waals surface area contributed by atoms with Gasteiger partial charge >= 0.3 is 0 Å². The summed E-state index contributed by atoms with van der Waals surface area (Å²) in [6.07, 6.45) is 0.709. The lowest BCUT2D eigenvalue weighted by molar-refractivity contribution is -0.214. The Hall–Kier alpha value is -0.120. The molecule has 0 spiro atoms. The Morgan fingerprint density at radius 3 is 2.40 bits per heavy atom. The van der Waals surface area contributed by atoms with Crippen molar-refractivity contribution < 1.29 is 14.6 Å². The van der Waals surface area contributed by atoms with E-state index < -0.39 is 0 Å². The van der Waals surface area contributed by atoms with Crippen LogP contribution in [-0.2, 0) is 9.47 Å². The van der Waals surface area contributed by atoms with Crippen LogP contribution in [0.1, 0.15) is 13.3 Å². The summed E-state index contributed by atoms with van der Waals surface area (Å²) in [4.78, 5) is 0. The largest absolute Gasteiger partial charge is 0.391 e. The monoisotopic (exact) mass is 146 g/mol. The molecule has 0 aliphatic carbocycles. The van der Waals surface area contributed by atoms with Gasteiger partial charge in [0.2, 0.25) is 0 Å². The molecule has 0 saturated carbocycles. The molecule has 1 rings (SSSR count). The highest BCUT2D eigenvalue weighted by atomic mass is 16.7. The lowest BCUT2D eigenvalue weighted by Gasteiger charge is -2.27. The first-order chi connectivity index (χ1) is 4.86. The number of hydrogen-bond donors (Lipinski definition) is 1. The Balaban J connectivity index is 2.17. The van der Waals surface area contributed by atoms with Crippen molar-refractivity contribution in [1.82, 2.24) is 0 Å². The predicted molar refractivity (Wildman–Crippen MR) is 36.6 cm³/mol. The van der Waals surface area contributed by atoms with Crippen molar-refractivity contribution in [2.24, 2.45) is 5.92 Å². The minimum absolute atomic E-state index is 0.0313. The minimum Gasteiger partial charge on any atom is -0.391 e. The van der Waals surface area contributed by atoms with E-state index in [-0.39, 0.29) is 12.9 Å². The van der Waals surface area contributed by atoms with Crippen molar-refractivity contribution in [3.63, 3.8) is 0 Å². The van der Waals surface area contributed by atoms with Crippen LogP contribution in [0.4, 0.5) is 0 Å². The second kappa shape index (κ2) is 3.91. The maximum atomic E-state index is 8.60. The lowest BCUT2D eigenvalue weighted by Crippen LogP contribution is -2.33. The van der Waals surface area contributed by atoms with E-state index in [1.165, 1.54) is 0 Å². The fraction of sp³-hybridized carbons (Fsp3) is 1.00. The maximum Gasteiger partial charge on any atom is 0.180 e. The van der Waals surface area contributed by atoms with E-state index in [4.69, 9.17) is 14.6 Å². The van der Waals surface area contributed by atoms with Crippen molar-refractivity contribution in [3.8, 4) is 0 Å². The summed E-state index contributed by atoms with van der Waals surface area (Å²) in [5.74, 6) is 0.516. The topological polar surface area (TPSA) is 38.7 Å². The fourth-order valence-corrected chi connectivity index (χ4v) is 0.924. The van der Waals surface area contributed by atoms with Crippen LogP contribution in [0.25, 0.3) is 0 Å². The van der Waals surface area contributed by atoms with Gasteiger partial charge in [-0.05, 0) is 6.42 Å². The molecular weight excluding hydrogens is 132 g/mol. The molecule has 3 heteroatoms. The molecule has 10 heavy (non-hydrogen) atoms. The molecule has 0 aromatic heterocycles. The molecule has 1 aliphatic heterocycles. The zero-order valence-corrected chi connectivity index (χ0v) is 6.25. The van der Waals surface area contributed by atoms with Crippen LogP contribution in [0.2, 0.25) is 0 Å². The molecule has 0 amide bonds. The summed E-state index contributed by atoms with van der Waals surface area (Å²) in [7, 11) is 0. The molecule has 0 radical (unpaired) electrons. The van der Waals surface area contributed by atoms with Gasteiger partial charge in [-0.1, -0.05) is 6.92 Å². The Bertz CT molecular complexity index is 74.9. The third kappa shape index (κ3) is 1.94. The maximum absolute atomic E-state index is 8.60. The normalized spacial score (nSPS) is 34.2. The van der Waals surface area contributed by atoms with Gasteiger partial charge in [-0.15, -0.1) is 0 Å². The van der Waals surface area contributed by atoms with Gasteiger partial charge in [0, 0.05) is 5.92 Å². The van der Waals surface area contributed by atoms with Crippen molar-refractivity contribution in [3.05, 3.63) is 0 Å². The summed E-state index contributed by atoms with van der Waals surface area (Å²) in [5, 5.41) is 8.60. The Kier molecular flexibility index (Phi) is 3.12. The van der Waals surface area contributed by atoms with Crippen molar-refractivity contribution in [2.45, 2.75) is 19.6 Å². The molecule has 3 nitrogen and oxygen atoms in total. The van der Waals surface area contributed by atoms with Gasteiger partial charge in [-0.2, -0.15) is 0 Å². The molecule has 0 atom stereocenters. The number of hydrogen-bond acceptors (Lipinski definition) is 3. The summed E-state index contributed by atoms with van der Waals surface area (Å²) in [6.45, 7) is 3.52. The number of aliphatic hydroxyl groups excluding tert-OH is 1. The summed E-state index contributed by atoms with van der Waals surface area (Å²) in [6, 6.07) is 0. The van der Waals surface area contributed by atoms with Gasteiger partial charge in [-0.25, -0.2) is 0 Å². The van der Waals surface area contributed by atoms with Crippen LogP contribution in [0.15, 0.2) is 0 Å². The Morgan fingerprint density at radius 1 is 1.40 bits per heavy atom. The number of rotatable bonds is 2. The minimum atomic E-state index is -0.372. The summed E-state index contributed by atoms with van der Waals surface area (Å²) in [5.41, 5.74) is 0. The molecule has 1 fully saturated rings. The van der Waals surface area contributed by atoms with Gasteiger partial charge in [0.05, 0.1) is 19.8 Å². The third-order valence-corrected chi connectivity index (χ3v) is 1.76. The van der Waals surface area contributed by atoms with Gasteiger partial charge in [-0.3, -0.25) is 0 Å². The van der Waals surface area contributed by atoms with Gasteiger partial charge in [0.15, 0.2) is 6.29 Å². The quantitative estimate of drug-likeness (QED) is 0.612. The van der Waals surface area contributed by atoms with E-state index in [1.807, 2.05) is 0 Å². The van der Waals surface area contributed by atoms with E-state index in [0.29, 0.717) is 5.92 Å². The fourth-order valence-electron chi connectivity index (χ4n) is 0.924. The van der Waals surface area contributed by atoms with E-state index in [2.05, 4.69) is 6.92 Å². The van der Waals surface area contributed by atoms with Crippen LogP contribution in [0.5, 0.6) is 0 Å². The lowest BCUT2D eigenvalue weighted by atomic mass is 10.1. The van der Waals surface area contributed by atoms with E-state index >= 15 is 0 Å². The second-order valence-corrected chi connectivity index (χ2v) is 2.55. The molecule has 0 aromatic carbocycles. The average molecular weight is 146 g/mol. The molecule has 1 saturated heterocycles. The highest BCUT2D eigenvalue weighted by molar-refractivity contribution is 4.60. The molecule has 1 N–H and O–H groups in total. The standard InChI is InChI=1S/C7H14O3/c1-2-6-4-9-7(3-8)10-5-6/h6-8H,2-5H2,1H3. The third-order valence-electron chi connectivity index (χ3n) is 1.76. The molecule has 0 aromatic rings. The Morgan fingerprint density at radius 2 is 2.00 bits per heavy atom. The van der Waals surface area contributed by atoms with E-state index in [0.717, 1.165) is 19.6 Å². The first kappa shape index (κ1) is 7.98. The van der Waals surface area contributed by atoms with Crippen LogP contribution in [0.3, 0.4) is 0 Å². The predicted octanol–water partition coefficient (Wildman–Crippen LogP) is 0.378. The van der Waals surface area contributed by atoms with Crippen LogP contribution >= 0.6 is 0 Å². The molecule has 1 aliphatic rings. The van der Waals surface area contributed by atoms with E-state index in [1.54, 1.807) is 0 Å². The smallest absolute Gasteiger partial charge is 0.180 e. The first-order valence-corrected chi connectivity index (χ1v) is 3.71. The van der Waals surface area contributed by atoms with Crippen LogP contribution in [0, 0.1) is 5.92 Å². The number of aliphatic hydroxyl groups is 1. The molecule has 0 unspecified atom stereocenters. The van der Waals surface area contributed by atoms with Crippen molar-refractivity contribution >= 4 is 0 Å². The zero-order chi connectivity index (χ0) is 7.40. The molecular formula is C7H14O3. The zero-order valence-electron chi connectivity index (χ0n) is 6.25. The van der Waals surface area contributed by atoms with Crippen molar-refractivity contribution in [2.75, 3.05) is 19.8 Å². The van der Waals surface area contributed by atoms with Crippen molar-refractivity contribution in [1.29, 1.82) is 0 Å². The number of ether oxygens (including phenoxy) is 2. The van der Waals surface area contributed by atoms with Gasteiger partial charge in [0.1, 0.15) is 0 Å². The molecule has 60 valence electrons. The van der Waals surface area contributed by atoms with Crippen LogP contribution in [-0.4, -0.2) is 31.2 Å². The average Bonchev–Trinajstić information content (AvgIpc) is 2.05. The summed E-state index contributed by atoms with van der Waals surface area (Å²) >= 11 is 0. The first-order valence-electron chi connectivity index (χ1n) is 3.71. The van der Waals surface area contributed by atoms with E-state index in [9.17, 15) is 0 Å². The highest BCUT2D eigenvalue weighted by Gasteiger charge is 2.19. The molecule has 1 heterocycles. The summed E-state index contributed by atoms with van der Waals surface area (Å²) < 4.78 is 10.3.